The largest absolute Gasteiger partial charge is 0.479 e. The minimum absolute atomic E-state index is 0.0461. The molecule has 1 amide bonds. The Morgan fingerprint density at radius 3 is 2.75 bits per heavy atom. The number of carboxylic acid groups (broad SMARTS) is 1. The van der Waals surface area contributed by atoms with Gasteiger partial charge in [0.2, 0.25) is 0 Å². The molecule has 0 fully saturated rings. The molecular formula is C9H11ClN2O4. The summed E-state index contributed by atoms with van der Waals surface area (Å²) in [6.07, 6.45) is -0.0505. The van der Waals surface area contributed by atoms with Crippen LogP contribution >= 0.6 is 11.6 Å². The molecule has 0 bridgehead atoms. The van der Waals surface area contributed by atoms with Gasteiger partial charge in [0.1, 0.15) is 5.69 Å². The highest BCUT2D eigenvalue weighted by atomic mass is 35.5. The number of aliphatic hydroxyl groups excluding tert-OH is 1. The molecule has 0 aromatic carbocycles. The van der Waals surface area contributed by atoms with Crippen molar-refractivity contribution in [1.29, 1.82) is 0 Å². The molecule has 1 aromatic heterocycles. The smallest absolute Gasteiger partial charge is 0.332 e. The third-order valence-corrected chi connectivity index (χ3v) is 2.10. The lowest BCUT2D eigenvalue weighted by atomic mass is 10.2. The Balaban J connectivity index is 2.34. The lowest BCUT2D eigenvalue weighted by molar-refractivity contribution is -0.146. The lowest BCUT2D eigenvalue weighted by Gasteiger charge is -2.06. The second kappa shape index (κ2) is 5.53. The van der Waals surface area contributed by atoms with Crippen molar-refractivity contribution in [3.8, 4) is 0 Å². The number of hydrogen-bond donors (Lipinski definition) is 4. The first-order chi connectivity index (χ1) is 7.50. The first-order valence-corrected chi connectivity index (χ1v) is 4.91. The van der Waals surface area contributed by atoms with E-state index < -0.39 is 18.0 Å². The van der Waals surface area contributed by atoms with Gasteiger partial charge in [0.25, 0.3) is 5.91 Å². The molecule has 1 heterocycles. The predicted molar refractivity (Wildman–Crippen MR) is 56.4 cm³/mol. The average molecular weight is 247 g/mol. The molecule has 1 rings (SSSR count). The molecule has 4 N–H and O–H groups in total. The molecule has 6 nitrogen and oxygen atoms in total. The van der Waals surface area contributed by atoms with Crippen LogP contribution in [0.25, 0.3) is 0 Å². The molecule has 16 heavy (non-hydrogen) atoms. The van der Waals surface area contributed by atoms with Gasteiger partial charge in [-0.15, -0.1) is 0 Å². The Hall–Kier alpha value is -1.53. The van der Waals surface area contributed by atoms with Gasteiger partial charge in [-0.1, -0.05) is 11.6 Å². The number of amides is 1. The summed E-state index contributed by atoms with van der Waals surface area (Å²) >= 11 is 5.60. The molecule has 0 unspecified atom stereocenters. The van der Waals surface area contributed by atoms with Crippen molar-refractivity contribution in [2.24, 2.45) is 0 Å². The van der Waals surface area contributed by atoms with Crippen LogP contribution in [-0.2, 0) is 4.79 Å². The van der Waals surface area contributed by atoms with Crippen LogP contribution in [0, 0.1) is 0 Å². The van der Waals surface area contributed by atoms with Gasteiger partial charge in [0, 0.05) is 19.2 Å². The van der Waals surface area contributed by atoms with Crippen molar-refractivity contribution in [1.82, 2.24) is 10.3 Å². The highest BCUT2D eigenvalue weighted by Gasteiger charge is 2.13. The second-order valence-electron chi connectivity index (χ2n) is 3.13. The van der Waals surface area contributed by atoms with E-state index in [1.165, 1.54) is 12.3 Å². The summed E-state index contributed by atoms with van der Waals surface area (Å²) in [5.41, 5.74) is 0.287. The highest BCUT2D eigenvalue weighted by molar-refractivity contribution is 6.30. The van der Waals surface area contributed by atoms with Gasteiger partial charge < -0.3 is 20.5 Å². The number of aliphatic carboxylic acids is 1. The fraction of sp³-hybridized carbons (Fsp3) is 0.333. The number of aromatic nitrogens is 1. The van der Waals surface area contributed by atoms with E-state index in [1.807, 2.05) is 0 Å². The van der Waals surface area contributed by atoms with Crippen molar-refractivity contribution in [2.75, 3.05) is 6.54 Å². The maximum atomic E-state index is 11.4. The normalized spacial score (nSPS) is 12.1. The number of aromatic amines is 1. The molecule has 0 aliphatic carbocycles. The van der Waals surface area contributed by atoms with Crippen LogP contribution in [0.5, 0.6) is 0 Å². The van der Waals surface area contributed by atoms with Crippen LogP contribution in [-0.4, -0.2) is 39.7 Å². The molecule has 1 aromatic rings. The van der Waals surface area contributed by atoms with Gasteiger partial charge in [-0.05, 0) is 6.07 Å². The Morgan fingerprint density at radius 2 is 2.25 bits per heavy atom. The number of rotatable bonds is 5. The van der Waals surface area contributed by atoms with Gasteiger partial charge in [0.15, 0.2) is 6.10 Å². The lowest BCUT2D eigenvalue weighted by Crippen LogP contribution is -2.30. The van der Waals surface area contributed by atoms with Gasteiger partial charge >= 0.3 is 5.97 Å². The molecule has 0 radical (unpaired) electrons. The van der Waals surface area contributed by atoms with Gasteiger partial charge in [0.05, 0.1) is 5.02 Å². The molecule has 0 aliphatic rings. The monoisotopic (exact) mass is 246 g/mol. The molecule has 1 atom stereocenters. The SMILES string of the molecule is O=C(NCC[C@H](O)C(=O)O)c1cc(Cl)c[nH]1. The maximum Gasteiger partial charge on any atom is 0.332 e. The van der Waals surface area contributed by atoms with E-state index in [0.29, 0.717) is 5.02 Å². The summed E-state index contributed by atoms with van der Waals surface area (Å²) in [6, 6.07) is 1.45. The number of carboxylic acids is 1. The number of halogens is 1. The molecule has 0 saturated heterocycles. The Labute approximate surface area is 96.2 Å². The van der Waals surface area contributed by atoms with Crippen molar-refractivity contribution >= 4 is 23.5 Å². The third-order valence-electron chi connectivity index (χ3n) is 1.88. The summed E-state index contributed by atoms with van der Waals surface area (Å²) < 4.78 is 0. The molecule has 0 aliphatic heterocycles. The molecule has 0 spiro atoms. The summed E-state index contributed by atoms with van der Waals surface area (Å²) in [5, 5.41) is 20.2. The Kier molecular flexibility index (Phi) is 4.33. The van der Waals surface area contributed by atoms with Crippen LogP contribution in [0.4, 0.5) is 0 Å². The van der Waals surface area contributed by atoms with Crippen LogP contribution in [0.3, 0.4) is 0 Å². The molecule has 88 valence electrons. The van der Waals surface area contributed by atoms with E-state index in [2.05, 4.69) is 10.3 Å². The van der Waals surface area contributed by atoms with Crippen LogP contribution in [0.15, 0.2) is 12.3 Å². The van der Waals surface area contributed by atoms with Crippen molar-refractivity contribution in [2.45, 2.75) is 12.5 Å². The third kappa shape index (κ3) is 3.56. The Bertz CT molecular complexity index is 391. The van der Waals surface area contributed by atoms with Crippen molar-refractivity contribution < 1.29 is 19.8 Å². The van der Waals surface area contributed by atoms with E-state index in [9.17, 15) is 9.59 Å². The van der Waals surface area contributed by atoms with Crippen LogP contribution < -0.4 is 5.32 Å². The minimum atomic E-state index is -1.47. The van der Waals surface area contributed by atoms with Crippen LogP contribution in [0.2, 0.25) is 5.02 Å². The quantitative estimate of drug-likeness (QED) is 0.597. The fourth-order valence-electron chi connectivity index (χ4n) is 1.04. The van der Waals surface area contributed by atoms with Gasteiger partial charge in [-0.2, -0.15) is 0 Å². The van der Waals surface area contributed by atoms with E-state index in [4.69, 9.17) is 21.8 Å². The molecule has 7 heteroatoms. The number of carbonyl (C=O) groups is 2. The van der Waals surface area contributed by atoms with Crippen LogP contribution in [0.1, 0.15) is 16.9 Å². The second-order valence-corrected chi connectivity index (χ2v) is 3.57. The summed E-state index contributed by atoms with van der Waals surface area (Å²) in [5.74, 6) is -1.71. The topological polar surface area (TPSA) is 102 Å². The zero-order chi connectivity index (χ0) is 12.1. The van der Waals surface area contributed by atoms with Gasteiger partial charge in [-0.25, -0.2) is 4.79 Å². The molecular weight excluding hydrogens is 236 g/mol. The number of aliphatic hydroxyl groups is 1. The van der Waals surface area contributed by atoms with Crippen molar-refractivity contribution in [3.05, 3.63) is 23.0 Å². The number of H-pyrrole nitrogens is 1. The van der Waals surface area contributed by atoms with E-state index in [1.54, 1.807) is 0 Å². The molecule has 0 saturated carbocycles. The number of hydrogen-bond acceptors (Lipinski definition) is 3. The van der Waals surface area contributed by atoms with E-state index in [0.717, 1.165) is 0 Å². The standard InChI is InChI=1S/C9H11ClN2O4/c10-5-3-6(12-4-5)8(14)11-2-1-7(13)9(15)16/h3-4,7,12-13H,1-2H2,(H,11,14)(H,15,16)/t7-/m0/s1. The van der Waals surface area contributed by atoms with E-state index >= 15 is 0 Å². The number of nitrogens with one attached hydrogen (secondary N) is 2. The maximum absolute atomic E-state index is 11.4. The number of carbonyl (C=O) groups excluding carboxylic acids is 1. The van der Waals surface area contributed by atoms with Crippen molar-refractivity contribution in [3.63, 3.8) is 0 Å². The highest BCUT2D eigenvalue weighted by Crippen LogP contribution is 2.08. The Morgan fingerprint density at radius 1 is 1.56 bits per heavy atom. The predicted octanol–water partition coefficient (Wildman–Crippen LogP) is 0.233. The fourth-order valence-corrected chi connectivity index (χ4v) is 1.20. The first-order valence-electron chi connectivity index (χ1n) is 4.53. The summed E-state index contributed by atoms with van der Waals surface area (Å²) in [4.78, 5) is 24.3. The summed E-state index contributed by atoms with van der Waals surface area (Å²) in [7, 11) is 0. The first kappa shape index (κ1) is 12.5. The van der Waals surface area contributed by atoms with E-state index in [-0.39, 0.29) is 18.7 Å². The van der Waals surface area contributed by atoms with Gasteiger partial charge in [-0.3, -0.25) is 4.79 Å². The summed E-state index contributed by atoms with van der Waals surface area (Å²) in [6.45, 7) is 0.0724. The zero-order valence-corrected chi connectivity index (χ0v) is 8.99. The minimum Gasteiger partial charge on any atom is -0.479 e. The zero-order valence-electron chi connectivity index (χ0n) is 8.24. The average Bonchev–Trinajstić information content (AvgIpc) is 2.64.